The number of para-hydroxylation sites is 1. The van der Waals surface area contributed by atoms with Crippen LogP contribution >= 0.6 is 0 Å². The van der Waals surface area contributed by atoms with E-state index in [0.29, 0.717) is 49.9 Å². The first-order chi connectivity index (χ1) is 16.5. The van der Waals surface area contributed by atoms with Crippen LogP contribution in [0.1, 0.15) is 28.8 Å². The summed E-state index contributed by atoms with van der Waals surface area (Å²) >= 11 is 0. The number of pyridine rings is 1. The molecular weight excluding hydrogens is 434 g/mol. The van der Waals surface area contributed by atoms with Gasteiger partial charge in [0.05, 0.1) is 18.7 Å². The lowest BCUT2D eigenvalue weighted by molar-refractivity contribution is 0.0972. The highest BCUT2D eigenvalue weighted by Gasteiger charge is 2.12. The topological polar surface area (TPSA) is 109 Å². The molecule has 2 heterocycles. The molecule has 0 unspecified atom stereocenters. The zero-order chi connectivity index (χ0) is 23.9. The van der Waals surface area contributed by atoms with E-state index in [1.54, 1.807) is 10.6 Å². The summed E-state index contributed by atoms with van der Waals surface area (Å²) in [6.07, 6.45) is 0. The minimum Gasteiger partial charge on any atom is -0.457 e. The van der Waals surface area contributed by atoms with Gasteiger partial charge in [-0.25, -0.2) is 0 Å². The van der Waals surface area contributed by atoms with Gasteiger partial charge in [-0.3, -0.25) is 9.59 Å². The molecule has 0 atom stereocenters. The summed E-state index contributed by atoms with van der Waals surface area (Å²) in [6, 6.07) is 20.3. The van der Waals surface area contributed by atoms with Crippen LogP contribution in [0, 0.1) is 0 Å². The van der Waals surface area contributed by atoms with Crippen LogP contribution in [0.4, 0.5) is 0 Å². The van der Waals surface area contributed by atoms with Crippen molar-refractivity contribution in [3.05, 3.63) is 94.2 Å². The van der Waals surface area contributed by atoms with Crippen molar-refractivity contribution >= 4 is 16.8 Å². The van der Waals surface area contributed by atoms with Crippen LogP contribution in [0.25, 0.3) is 10.9 Å². The molecule has 0 fully saturated rings. The van der Waals surface area contributed by atoms with Crippen molar-refractivity contribution in [2.75, 3.05) is 13.2 Å². The fraction of sp³-hybridized carbons (Fsp3) is 0.231. The maximum Gasteiger partial charge on any atom is 0.284 e. The Hall–Kier alpha value is -3.88. The number of benzene rings is 2. The first kappa shape index (κ1) is 23.3. The van der Waals surface area contributed by atoms with Crippen molar-refractivity contribution in [2.45, 2.75) is 26.6 Å². The average Bonchev–Trinajstić information content (AvgIpc) is 3.31. The summed E-state index contributed by atoms with van der Waals surface area (Å²) in [6.45, 7) is 4.03. The number of nitrogens with two attached hydrogens (primary N) is 1. The number of hydrogen-bond acceptors (Lipinski definition) is 6. The lowest BCUT2D eigenvalue weighted by Gasteiger charge is -2.15. The molecule has 8 nitrogen and oxygen atoms in total. The van der Waals surface area contributed by atoms with Crippen LogP contribution in [-0.4, -0.2) is 23.7 Å². The van der Waals surface area contributed by atoms with Crippen LogP contribution in [0.2, 0.25) is 0 Å². The normalized spacial score (nSPS) is 11.1. The number of fused-ring (bicyclic) bond motifs is 1. The Bertz CT molecular complexity index is 1330. The second kappa shape index (κ2) is 10.8. The van der Waals surface area contributed by atoms with Gasteiger partial charge < -0.3 is 29.5 Å². The fourth-order valence-electron chi connectivity index (χ4n) is 3.67. The van der Waals surface area contributed by atoms with Crippen LogP contribution in [0.15, 0.2) is 75.9 Å². The van der Waals surface area contributed by atoms with E-state index in [0.717, 1.165) is 16.7 Å². The predicted octanol–water partition coefficient (Wildman–Crippen LogP) is 3.81. The number of carbonyl (C=O) groups excluding carboxylic acids is 1. The molecule has 0 radical (unpaired) electrons. The second-order valence-corrected chi connectivity index (χ2v) is 7.69. The molecule has 0 aliphatic carbocycles. The van der Waals surface area contributed by atoms with Gasteiger partial charge in [0.25, 0.3) is 11.5 Å². The standard InChI is InChI=1S/C26H27N3O5/c1-2-32-13-12-29-23-15-21(33-20-6-4-3-5-7-20)9-8-18(23)14-19(26(29)31)16-28-17-22-10-11-24(34-22)25(27)30/h3-11,14-15,28H,2,12-13,16-17H2,1H3,(H2,27,30). The molecular formula is C26H27N3O5. The summed E-state index contributed by atoms with van der Waals surface area (Å²) in [4.78, 5) is 24.5. The number of nitrogens with zero attached hydrogens (tertiary/aromatic N) is 1. The highest BCUT2D eigenvalue weighted by atomic mass is 16.5. The molecule has 34 heavy (non-hydrogen) atoms. The van der Waals surface area contributed by atoms with Gasteiger partial charge in [-0.05, 0) is 54.8 Å². The van der Waals surface area contributed by atoms with Crippen molar-refractivity contribution in [1.82, 2.24) is 9.88 Å². The van der Waals surface area contributed by atoms with Gasteiger partial charge in [-0.1, -0.05) is 18.2 Å². The third-order valence-electron chi connectivity index (χ3n) is 5.30. The Labute approximate surface area is 196 Å². The monoisotopic (exact) mass is 461 g/mol. The third-order valence-corrected chi connectivity index (χ3v) is 5.30. The zero-order valence-corrected chi connectivity index (χ0v) is 19.0. The highest BCUT2D eigenvalue weighted by molar-refractivity contribution is 5.89. The Kier molecular flexibility index (Phi) is 7.41. The molecule has 0 saturated carbocycles. The van der Waals surface area contributed by atoms with E-state index in [1.807, 2.05) is 61.5 Å². The maximum absolute atomic E-state index is 13.3. The summed E-state index contributed by atoms with van der Waals surface area (Å²) in [5.74, 6) is 1.43. The molecule has 4 rings (SSSR count). The van der Waals surface area contributed by atoms with Crippen molar-refractivity contribution < 1.29 is 18.7 Å². The minimum absolute atomic E-state index is 0.103. The van der Waals surface area contributed by atoms with E-state index in [2.05, 4.69) is 5.32 Å². The molecule has 8 heteroatoms. The Morgan fingerprint density at radius 1 is 1.03 bits per heavy atom. The van der Waals surface area contributed by atoms with E-state index in [1.165, 1.54) is 6.07 Å². The maximum atomic E-state index is 13.3. The molecule has 2 aromatic carbocycles. The highest BCUT2D eigenvalue weighted by Crippen LogP contribution is 2.25. The second-order valence-electron chi connectivity index (χ2n) is 7.69. The number of carbonyl (C=O) groups is 1. The largest absolute Gasteiger partial charge is 0.457 e. The lowest BCUT2D eigenvalue weighted by Crippen LogP contribution is -2.28. The van der Waals surface area contributed by atoms with Crippen LogP contribution < -0.4 is 21.3 Å². The minimum atomic E-state index is -0.617. The zero-order valence-electron chi connectivity index (χ0n) is 19.0. The van der Waals surface area contributed by atoms with Gasteiger partial charge in [-0.2, -0.15) is 0 Å². The molecule has 176 valence electrons. The lowest BCUT2D eigenvalue weighted by atomic mass is 10.1. The molecule has 0 spiro atoms. The molecule has 0 aliphatic rings. The summed E-state index contributed by atoms with van der Waals surface area (Å²) in [5.41, 5.74) is 6.51. The van der Waals surface area contributed by atoms with Gasteiger partial charge in [-0.15, -0.1) is 0 Å². The Balaban J connectivity index is 1.58. The first-order valence-electron chi connectivity index (χ1n) is 11.1. The predicted molar refractivity (Wildman–Crippen MR) is 129 cm³/mol. The Morgan fingerprint density at radius 2 is 1.85 bits per heavy atom. The number of primary amides is 1. The third kappa shape index (κ3) is 5.54. The van der Waals surface area contributed by atoms with E-state index in [9.17, 15) is 9.59 Å². The van der Waals surface area contributed by atoms with Crippen LogP contribution in [-0.2, 0) is 24.4 Å². The summed E-state index contributed by atoms with van der Waals surface area (Å²) in [7, 11) is 0. The molecule has 3 N–H and O–H groups in total. The van der Waals surface area contributed by atoms with Gasteiger partial charge in [0.1, 0.15) is 17.3 Å². The average molecular weight is 462 g/mol. The molecule has 0 saturated heterocycles. The van der Waals surface area contributed by atoms with Gasteiger partial charge in [0, 0.05) is 31.3 Å². The number of ether oxygens (including phenoxy) is 2. The Morgan fingerprint density at radius 3 is 2.59 bits per heavy atom. The van der Waals surface area contributed by atoms with Crippen LogP contribution in [0.3, 0.4) is 0 Å². The molecule has 2 aromatic heterocycles. The number of furan rings is 1. The fourth-order valence-corrected chi connectivity index (χ4v) is 3.67. The summed E-state index contributed by atoms with van der Waals surface area (Å²) in [5, 5.41) is 4.12. The number of aromatic nitrogens is 1. The van der Waals surface area contributed by atoms with Crippen molar-refractivity contribution in [3.63, 3.8) is 0 Å². The molecule has 1 amide bonds. The van der Waals surface area contributed by atoms with Gasteiger partial charge in [0.2, 0.25) is 0 Å². The van der Waals surface area contributed by atoms with Crippen molar-refractivity contribution in [2.24, 2.45) is 5.73 Å². The quantitative estimate of drug-likeness (QED) is 0.329. The van der Waals surface area contributed by atoms with Crippen molar-refractivity contribution in [1.29, 1.82) is 0 Å². The van der Waals surface area contributed by atoms with E-state index in [-0.39, 0.29) is 11.3 Å². The first-order valence-corrected chi connectivity index (χ1v) is 11.1. The smallest absolute Gasteiger partial charge is 0.284 e. The molecule has 4 aromatic rings. The van der Waals surface area contributed by atoms with Gasteiger partial charge in [0.15, 0.2) is 5.76 Å². The van der Waals surface area contributed by atoms with E-state index < -0.39 is 5.91 Å². The van der Waals surface area contributed by atoms with E-state index >= 15 is 0 Å². The van der Waals surface area contributed by atoms with E-state index in [4.69, 9.17) is 19.6 Å². The number of amides is 1. The number of rotatable bonds is 11. The van der Waals surface area contributed by atoms with Gasteiger partial charge >= 0.3 is 0 Å². The number of hydrogen-bond donors (Lipinski definition) is 2. The van der Waals surface area contributed by atoms with Crippen molar-refractivity contribution in [3.8, 4) is 11.5 Å². The number of nitrogens with one attached hydrogen (secondary N) is 1. The molecule has 0 bridgehead atoms. The molecule has 0 aliphatic heterocycles. The van der Waals surface area contributed by atoms with Crippen LogP contribution in [0.5, 0.6) is 11.5 Å². The SMILES string of the molecule is CCOCCn1c(=O)c(CNCc2ccc(C(N)=O)o2)cc2ccc(Oc3ccccc3)cc21. The summed E-state index contributed by atoms with van der Waals surface area (Å²) < 4.78 is 18.6.